The molecular weight excluding hydrogens is 624 g/mol. The maximum Gasteiger partial charge on any atom is 0.407 e. The summed E-state index contributed by atoms with van der Waals surface area (Å²) in [6, 6.07) is 11.5. The number of nitrogens with one attached hydrogen (secondary N) is 2. The van der Waals surface area contributed by atoms with Gasteiger partial charge in [0.25, 0.3) is 0 Å². The van der Waals surface area contributed by atoms with E-state index in [2.05, 4.69) is 51.2 Å². The quantitative estimate of drug-likeness (QED) is 0.281. The van der Waals surface area contributed by atoms with Gasteiger partial charge in [0, 0.05) is 76.2 Å². The van der Waals surface area contributed by atoms with Crippen LogP contribution in [0.3, 0.4) is 0 Å². The number of carboxylic acid groups (broad SMARTS) is 1. The molecule has 0 radical (unpaired) electrons. The Balaban J connectivity index is 1.31. The Kier molecular flexibility index (Phi) is 10.0. The van der Waals surface area contributed by atoms with Crippen LogP contribution in [-0.2, 0) is 4.79 Å². The number of carbonyl (C=O) groups excluding carboxylic acids is 1. The number of hydrogen-bond donors (Lipinski definition) is 3. The summed E-state index contributed by atoms with van der Waals surface area (Å²) in [5.74, 6) is 2.01. The van der Waals surface area contributed by atoms with Crippen molar-refractivity contribution in [3.8, 4) is 11.5 Å². The van der Waals surface area contributed by atoms with Crippen LogP contribution < -0.4 is 29.9 Å². The van der Waals surface area contributed by atoms with Crippen molar-refractivity contribution in [1.82, 2.24) is 19.8 Å². The molecule has 2 saturated heterocycles. The minimum Gasteiger partial charge on any atom is -0.494 e. The van der Waals surface area contributed by atoms with E-state index in [1.54, 1.807) is 21.1 Å². The largest absolute Gasteiger partial charge is 0.494 e. The SMILES string of the molecule is COc1cc(N2CCN(C(C)=O)CC2)ccc1Nc1ncc(Cl)c(Nc2ccc(N3CCN(C(=O)O)C(C(C)(C)C)C3)cc2OC)n1. The van der Waals surface area contributed by atoms with Crippen molar-refractivity contribution < 1.29 is 24.2 Å². The number of benzene rings is 2. The van der Waals surface area contributed by atoms with Crippen molar-refractivity contribution in [2.24, 2.45) is 5.41 Å². The summed E-state index contributed by atoms with van der Waals surface area (Å²) >= 11 is 6.52. The lowest BCUT2D eigenvalue weighted by atomic mass is 9.84. The third-order valence-electron chi connectivity index (χ3n) is 8.69. The molecule has 3 heterocycles. The molecule has 14 heteroatoms. The highest BCUT2D eigenvalue weighted by Crippen LogP contribution is 2.37. The number of nitrogens with zero attached hydrogens (tertiary/aromatic N) is 6. The Bertz CT molecular complexity index is 1610. The van der Waals surface area contributed by atoms with Gasteiger partial charge in [-0.1, -0.05) is 32.4 Å². The lowest BCUT2D eigenvalue weighted by molar-refractivity contribution is -0.129. The molecule has 13 nitrogen and oxygen atoms in total. The molecule has 2 amide bonds. The monoisotopic (exact) mass is 666 g/mol. The van der Waals surface area contributed by atoms with Gasteiger partial charge in [-0.2, -0.15) is 4.98 Å². The molecule has 252 valence electrons. The minimum absolute atomic E-state index is 0.0940. The molecule has 3 N–H and O–H groups in total. The number of halogens is 1. The minimum atomic E-state index is -0.895. The van der Waals surface area contributed by atoms with E-state index < -0.39 is 6.09 Å². The van der Waals surface area contributed by atoms with Gasteiger partial charge in [-0.15, -0.1) is 0 Å². The van der Waals surface area contributed by atoms with Crippen LogP contribution in [0, 0.1) is 5.41 Å². The average Bonchev–Trinajstić information content (AvgIpc) is 3.06. The van der Waals surface area contributed by atoms with E-state index in [0.29, 0.717) is 72.4 Å². The maximum absolute atomic E-state index is 11.9. The van der Waals surface area contributed by atoms with Crippen LogP contribution in [-0.4, -0.2) is 103 Å². The molecule has 1 unspecified atom stereocenters. The zero-order valence-electron chi connectivity index (χ0n) is 27.7. The summed E-state index contributed by atoms with van der Waals surface area (Å²) in [6.07, 6.45) is 0.623. The molecule has 2 fully saturated rings. The Hall–Kier alpha value is -4.65. The van der Waals surface area contributed by atoms with Crippen molar-refractivity contribution >= 4 is 58.1 Å². The van der Waals surface area contributed by atoms with E-state index >= 15 is 0 Å². The molecule has 2 aromatic carbocycles. The van der Waals surface area contributed by atoms with Gasteiger partial charge in [0.15, 0.2) is 5.82 Å². The lowest BCUT2D eigenvalue weighted by Crippen LogP contribution is -2.59. The van der Waals surface area contributed by atoms with Gasteiger partial charge in [0.05, 0.1) is 37.8 Å². The zero-order valence-corrected chi connectivity index (χ0v) is 28.5. The van der Waals surface area contributed by atoms with Crippen molar-refractivity contribution in [2.45, 2.75) is 33.7 Å². The second-order valence-electron chi connectivity index (χ2n) is 12.7. The molecule has 2 aliphatic heterocycles. The number of rotatable bonds is 8. The smallest absolute Gasteiger partial charge is 0.407 e. The third-order valence-corrected chi connectivity index (χ3v) is 8.97. The fourth-order valence-electron chi connectivity index (χ4n) is 5.99. The highest BCUT2D eigenvalue weighted by atomic mass is 35.5. The first-order chi connectivity index (χ1) is 22.4. The van der Waals surface area contributed by atoms with Crippen LogP contribution in [0.1, 0.15) is 27.7 Å². The summed E-state index contributed by atoms with van der Waals surface area (Å²) < 4.78 is 11.4. The summed E-state index contributed by atoms with van der Waals surface area (Å²) in [4.78, 5) is 40.4. The first-order valence-corrected chi connectivity index (χ1v) is 15.9. The molecule has 0 spiro atoms. The standard InChI is InChI=1S/C33H43ClN8O5/c1-21(43)39-11-13-40(14-12-39)22-7-10-26(28(17-22)47-6)37-31-35-19-24(34)30(38-31)36-25-9-8-23(18-27(25)46-5)41-15-16-42(32(44)45)29(20-41)33(2,3)4/h7-10,17-19,29H,11-16,20H2,1-6H3,(H,44,45)(H2,35,36,37,38). The lowest BCUT2D eigenvalue weighted by Gasteiger charge is -2.46. The summed E-state index contributed by atoms with van der Waals surface area (Å²) in [6.45, 7) is 12.2. The second-order valence-corrected chi connectivity index (χ2v) is 13.1. The van der Waals surface area contributed by atoms with E-state index in [4.69, 9.17) is 21.1 Å². The van der Waals surface area contributed by atoms with Crippen LogP contribution >= 0.6 is 11.6 Å². The first-order valence-electron chi connectivity index (χ1n) is 15.6. The fourth-order valence-corrected chi connectivity index (χ4v) is 6.13. The van der Waals surface area contributed by atoms with Crippen molar-refractivity contribution in [1.29, 1.82) is 0 Å². The van der Waals surface area contributed by atoms with Crippen molar-refractivity contribution in [2.75, 3.05) is 80.5 Å². The predicted octanol–water partition coefficient (Wildman–Crippen LogP) is 5.52. The Labute approximate surface area is 280 Å². The summed E-state index contributed by atoms with van der Waals surface area (Å²) in [7, 11) is 3.21. The number of amides is 2. The van der Waals surface area contributed by atoms with Crippen LogP contribution in [0.4, 0.5) is 39.3 Å². The highest BCUT2D eigenvalue weighted by Gasteiger charge is 2.38. The third kappa shape index (κ3) is 7.67. The molecule has 1 atom stereocenters. The Morgan fingerprint density at radius 1 is 0.894 bits per heavy atom. The van der Waals surface area contributed by atoms with Crippen LogP contribution in [0.2, 0.25) is 5.02 Å². The van der Waals surface area contributed by atoms with Gasteiger partial charge in [0.1, 0.15) is 16.5 Å². The molecule has 0 bridgehead atoms. The maximum atomic E-state index is 11.9. The van der Waals surface area contributed by atoms with Crippen LogP contribution in [0.15, 0.2) is 42.6 Å². The van der Waals surface area contributed by atoms with Gasteiger partial charge in [0.2, 0.25) is 11.9 Å². The number of anilines is 6. The number of methoxy groups -OCH3 is 2. The van der Waals surface area contributed by atoms with E-state index in [9.17, 15) is 14.7 Å². The predicted molar refractivity (Wildman–Crippen MR) is 184 cm³/mol. The van der Waals surface area contributed by atoms with Gasteiger partial charge in [-0.05, 0) is 29.7 Å². The van der Waals surface area contributed by atoms with Gasteiger partial charge in [-0.3, -0.25) is 4.79 Å². The van der Waals surface area contributed by atoms with E-state index in [0.717, 1.165) is 24.5 Å². The summed E-state index contributed by atoms with van der Waals surface area (Å²) in [5, 5.41) is 16.6. The number of aromatic nitrogens is 2. The number of hydrogen-bond acceptors (Lipinski definition) is 10. The van der Waals surface area contributed by atoms with E-state index in [1.165, 1.54) is 11.1 Å². The van der Waals surface area contributed by atoms with E-state index in [1.807, 2.05) is 41.3 Å². The van der Waals surface area contributed by atoms with Crippen LogP contribution in [0.25, 0.3) is 0 Å². The second kappa shape index (κ2) is 14.0. The normalized spacial score (nSPS) is 17.0. The van der Waals surface area contributed by atoms with Crippen LogP contribution in [0.5, 0.6) is 11.5 Å². The molecule has 0 saturated carbocycles. The van der Waals surface area contributed by atoms with Gasteiger partial charge >= 0.3 is 6.09 Å². The van der Waals surface area contributed by atoms with Crippen molar-refractivity contribution in [3.05, 3.63) is 47.6 Å². The van der Waals surface area contributed by atoms with E-state index in [-0.39, 0.29) is 17.4 Å². The molecule has 3 aromatic rings. The average molecular weight is 667 g/mol. The first kappa shape index (κ1) is 33.7. The fraction of sp³-hybridized carbons (Fsp3) is 0.455. The number of carbonyl (C=O) groups is 2. The topological polar surface area (TPSA) is 136 Å². The summed E-state index contributed by atoms with van der Waals surface area (Å²) in [5.41, 5.74) is 3.05. The van der Waals surface area contributed by atoms with Gasteiger partial charge in [-0.25, -0.2) is 9.78 Å². The number of ether oxygens (including phenoxy) is 2. The van der Waals surface area contributed by atoms with Gasteiger partial charge < -0.3 is 44.8 Å². The molecule has 1 aromatic heterocycles. The molecule has 0 aliphatic carbocycles. The van der Waals surface area contributed by atoms with Crippen molar-refractivity contribution in [3.63, 3.8) is 0 Å². The number of piperazine rings is 2. The Morgan fingerprint density at radius 3 is 2.02 bits per heavy atom. The molecular formula is C33H43ClN8O5. The highest BCUT2D eigenvalue weighted by molar-refractivity contribution is 6.33. The molecule has 47 heavy (non-hydrogen) atoms. The Morgan fingerprint density at radius 2 is 1.47 bits per heavy atom. The molecule has 2 aliphatic rings. The molecule has 5 rings (SSSR count). The zero-order chi connectivity index (χ0) is 33.9.